The Labute approximate surface area is 163 Å². The Morgan fingerprint density at radius 2 is 1.61 bits per heavy atom. The third-order valence-electron chi connectivity index (χ3n) is 4.09. The lowest BCUT2D eigenvalue weighted by molar-refractivity contribution is -0.121. The molecule has 148 valence electrons. The van der Waals surface area contributed by atoms with Crippen molar-refractivity contribution in [2.75, 3.05) is 23.3 Å². The third-order valence-corrected chi connectivity index (χ3v) is 4.09. The Hall–Kier alpha value is -3.22. The molecule has 0 aliphatic heterocycles. The molecular weight excluding hydrogens is 361 g/mol. The highest BCUT2D eigenvalue weighted by Gasteiger charge is 2.13. The lowest BCUT2D eigenvalue weighted by atomic mass is 10.1. The molecule has 2 aromatic rings. The zero-order valence-electron chi connectivity index (χ0n) is 16.0. The molecule has 0 atom stereocenters. The van der Waals surface area contributed by atoms with Crippen molar-refractivity contribution in [3.8, 4) is 0 Å². The normalized spacial score (nSPS) is 10.2. The van der Waals surface area contributed by atoms with Crippen LogP contribution in [0.1, 0.15) is 25.8 Å². The number of hydrogen-bond acceptors (Lipinski definition) is 3. The molecule has 3 amide bonds. The number of carbonyl (C=O) groups is 3. The van der Waals surface area contributed by atoms with Crippen molar-refractivity contribution in [2.45, 2.75) is 26.7 Å². The number of carbonyl (C=O) groups excluding carboxylic acids is 3. The van der Waals surface area contributed by atoms with E-state index in [-0.39, 0.29) is 36.5 Å². The van der Waals surface area contributed by atoms with Crippen molar-refractivity contribution in [3.05, 3.63) is 59.9 Å². The van der Waals surface area contributed by atoms with Gasteiger partial charge in [0.2, 0.25) is 17.7 Å². The summed E-state index contributed by atoms with van der Waals surface area (Å²) in [5, 5.41) is 5.47. The SMILES string of the molecule is CC(=O)Nc1ccc(N(CCC(=O)NCCc2ccc(F)cc2)C(C)=O)cc1. The monoisotopic (exact) mass is 385 g/mol. The first kappa shape index (κ1) is 21.1. The van der Waals surface area contributed by atoms with Gasteiger partial charge in [0.1, 0.15) is 5.82 Å². The molecule has 6 nitrogen and oxygen atoms in total. The minimum Gasteiger partial charge on any atom is -0.356 e. The average Bonchev–Trinajstić information content (AvgIpc) is 2.64. The maximum absolute atomic E-state index is 12.9. The Morgan fingerprint density at radius 3 is 2.18 bits per heavy atom. The second kappa shape index (κ2) is 10.2. The molecule has 0 unspecified atom stereocenters. The van der Waals surface area contributed by atoms with Crippen LogP contribution >= 0.6 is 0 Å². The van der Waals surface area contributed by atoms with Gasteiger partial charge in [-0.15, -0.1) is 0 Å². The van der Waals surface area contributed by atoms with E-state index >= 15 is 0 Å². The van der Waals surface area contributed by atoms with Gasteiger partial charge in [-0.25, -0.2) is 4.39 Å². The van der Waals surface area contributed by atoms with E-state index in [1.165, 1.54) is 30.9 Å². The summed E-state index contributed by atoms with van der Waals surface area (Å²) in [6, 6.07) is 13.0. The van der Waals surface area contributed by atoms with Gasteiger partial charge in [0.05, 0.1) is 0 Å². The van der Waals surface area contributed by atoms with Crippen molar-refractivity contribution in [1.82, 2.24) is 5.32 Å². The van der Waals surface area contributed by atoms with E-state index in [1.807, 2.05) is 0 Å². The smallest absolute Gasteiger partial charge is 0.223 e. The molecule has 0 bridgehead atoms. The maximum Gasteiger partial charge on any atom is 0.223 e. The Balaban J connectivity index is 1.83. The fourth-order valence-corrected chi connectivity index (χ4v) is 2.70. The maximum atomic E-state index is 12.9. The fraction of sp³-hybridized carbons (Fsp3) is 0.286. The van der Waals surface area contributed by atoms with Crippen LogP contribution in [-0.2, 0) is 20.8 Å². The van der Waals surface area contributed by atoms with E-state index in [9.17, 15) is 18.8 Å². The van der Waals surface area contributed by atoms with Gasteiger partial charge in [-0.05, 0) is 48.4 Å². The second-order valence-electron chi connectivity index (χ2n) is 6.38. The molecule has 0 heterocycles. The number of nitrogens with one attached hydrogen (secondary N) is 2. The number of nitrogens with zero attached hydrogens (tertiary/aromatic N) is 1. The number of rotatable bonds is 8. The van der Waals surface area contributed by atoms with Crippen LogP contribution in [-0.4, -0.2) is 30.8 Å². The minimum atomic E-state index is -0.290. The molecule has 0 spiro atoms. The average molecular weight is 385 g/mol. The predicted molar refractivity (Wildman–Crippen MR) is 107 cm³/mol. The Morgan fingerprint density at radius 1 is 0.964 bits per heavy atom. The summed E-state index contributed by atoms with van der Waals surface area (Å²) in [6.07, 6.45) is 0.767. The van der Waals surface area contributed by atoms with Crippen molar-refractivity contribution in [3.63, 3.8) is 0 Å². The van der Waals surface area contributed by atoms with Crippen molar-refractivity contribution in [2.24, 2.45) is 0 Å². The van der Waals surface area contributed by atoms with Gasteiger partial charge in [0.15, 0.2) is 0 Å². The zero-order chi connectivity index (χ0) is 20.5. The van der Waals surface area contributed by atoms with Crippen LogP contribution in [0.3, 0.4) is 0 Å². The van der Waals surface area contributed by atoms with Gasteiger partial charge in [-0.1, -0.05) is 12.1 Å². The van der Waals surface area contributed by atoms with Crippen molar-refractivity contribution >= 4 is 29.1 Å². The van der Waals surface area contributed by atoms with E-state index in [0.717, 1.165) is 5.56 Å². The molecule has 0 saturated carbocycles. The van der Waals surface area contributed by atoms with E-state index in [4.69, 9.17) is 0 Å². The predicted octanol–water partition coefficient (Wildman–Crippen LogP) is 2.89. The molecule has 0 radical (unpaired) electrons. The standard InChI is InChI=1S/C21H24FN3O3/c1-15(26)24-19-7-9-20(10-8-19)25(16(2)27)14-12-21(28)23-13-11-17-3-5-18(22)6-4-17/h3-10H,11-14H2,1-2H3,(H,23,28)(H,24,26). The Kier molecular flexibility index (Phi) is 7.68. The van der Waals surface area contributed by atoms with Crippen LogP contribution in [0.25, 0.3) is 0 Å². The molecule has 0 aliphatic carbocycles. The summed E-state index contributed by atoms with van der Waals surface area (Å²) in [7, 11) is 0. The first-order valence-electron chi connectivity index (χ1n) is 9.02. The molecule has 7 heteroatoms. The van der Waals surface area contributed by atoms with Gasteiger partial charge in [0, 0.05) is 44.7 Å². The first-order chi connectivity index (χ1) is 13.3. The summed E-state index contributed by atoms with van der Waals surface area (Å²) < 4.78 is 12.9. The lowest BCUT2D eigenvalue weighted by Crippen LogP contribution is -2.34. The van der Waals surface area contributed by atoms with E-state index in [0.29, 0.717) is 24.3 Å². The van der Waals surface area contributed by atoms with Crippen LogP contribution in [0.4, 0.5) is 15.8 Å². The largest absolute Gasteiger partial charge is 0.356 e. The molecule has 2 N–H and O–H groups in total. The topological polar surface area (TPSA) is 78.5 Å². The number of hydrogen-bond donors (Lipinski definition) is 2. The summed E-state index contributed by atoms with van der Waals surface area (Å²) in [5.74, 6) is -0.801. The highest BCUT2D eigenvalue weighted by atomic mass is 19.1. The van der Waals surface area contributed by atoms with Crippen LogP contribution in [0.15, 0.2) is 48.5 Å². The molecule has 2 rings (SSSR count). The molecule has 0 saturated heterocycles. The highest BCUT2D eigenvalue weighted by molar-refractivity contribution is 5.93. The molecule has 0 aromatic heterocycles. The zero-order valence-corrected chi connectivity index (χ0v) is 16.0. The second-order valence-corrected chi connectivity index (χ2v) is 6.38. The quantitative estimate of drug-likeness (QED) is 0.733. The van der Waals surface area contributed by atoms with E-state index in [1.54, 1.807) is 36.4 Å². The summed E-state index contributed by atoms with van der Waals surface area (Å²) in [4.78, 5) is 36.6. The van der Waals surface area contributed by atoms with Crippen LogP contribution in [0.2, 0.25) is 0 Å². The van der Waals surface area contributed by atoms with Gasteiger partial charge in [0.25, 0.3) is 0 Å². The number of amides is 3. The summed E-state index contributed by atoms with van der Waals surface area (Å²) in [6.45, 7) is 3.55. The molecule has 28 heavy (non-hydrogen) atoms. The van der Waals surface area contributed by atoms with Crippen molar-refractivity contribution in [1.29, 1.82) is 0 Å². The minimum absolute atomic E-state index is 0.163. The van der Waals surface area contributed by atoms with E-state index < -0.39 is 0 Å². The lowest BCUT2D eigenvalue weighted by Gasteiger charge is -2.21. The molecule has 2 aromatic carbocycles. The highest BCUT2D eigenvalue weighted by Crippen LogP contribution is 2.18. The van der Waals surface area contributed by atoms with Gasteiger partial charge in [-0.2, -0.15) is 0 Å². The van der Waals surface area contributed by atoms with Gasteiger partial charge < -0.3 is 15.5 Å². The first-order valence-corrected chi connectivity index (χ1v) is 9.02. The molecule has 0 aliphatic rings. The number of anilines is 2. The van der Waals surface area contributed by atoms with E-state index in [2.05, 4.69) is 10.6 Å². The van der Waals surface area contributed by atoms with Gasteiger partial charge >= 0.3 is 0 Å². The Bertz CT molecular complexity index is 820. The molecular formula is C21H24FN3O3. The van der Waals surface area contributed by atoms with Gasteiger partial charge in [-0.3, -0.25) is 14.4 Å². The number of halogens is 1. The molecule has 0 fully saturated rings. The number of benzene rings is 2. The van der Waals surface area contributed by atoms with Crippen molar-refractivity contribution < 1.29 is 18.8 Å². The van der Waals surface area contributed by atoms with Crippen LogP contribution in [0.5, 0.6) is 0 Å². The van der Waals surface area contributed by atoms with Crippen LogP contribution < -0.4 is 15.5 Å². The summed E-state index contributed by atoms with van der Waals surface area (Å²) >= 11 is 0. The van der Waals surface area contributed by atoms with Crippen LogP contribution in [0, 0.1) is 5.82 Å². The fourth-order valence-electron chi connectivity index (χ4n) is 2.70. The summed E-state index contributed by atoms with van der Waals surface area (Å²) in [5.41, 5.74) is 2.23. The third kappa shape index (κ3) is 6.83.